The Morgan fingerprint density at radius 3 is 2.00 bits per heavy atom. The topological polar surface area (TPSA) is 15.6 Å². The van der Waals surface area contributed by atoms with Crippen molar-refractivity contribution in [2.75, 3.05) is 7.05 Å². The maximum atomic E-state index is 4.74. The second-order valence-electron chi connectivity index (χ2n) is 8.68. The largest absolute Gasteiger partial charge is 0.294 e. The Morgan fingerprint density at radius 2 is 1.61 bits per heavy atom. The van der Waals surface area contributed by atoms with Gasteiger partial charge >= 0.3 is 0 Å². The van der Waals surface area contributed by atoms with Crippen LogP contribution in [0.3, 0.4) is 0 Å². The smallest absolute Gasteiger partial charge is 0.0633 e. The minimum atomic E-state index is 0.162. The summed E-state index contributed by atoms with van der Waals surface area (Å²) in [6.07, 6.45) is 2.39. The number of nitrogens with zero attached hydrogens (tertiary/aromatic N) is 2. The third kappa shape index (κ3) is 3.49. The number of hydrazone groups is 1. The van der Waals surface area contributed by atoms with Gasteiger partial charge in [0.15, 0.2) is 0 Å². The number of rotatable bonds is 2. The molecule has 0 radical (unpaired) electrons. The van der Waals surface area contributed by atoms with E-state index in [0.717, 1.165) is 0 Å². The van der Waals surface area contributed by atoms with Crippen molar-refractivity contribution in [3.8, 4) is 0 Å². The molecule has 1 rings (SSSR count). The van der Waals surface area contributed by atoms with Gasteiger partial charge in [0.05, 0.1) is 5.54 Å². The molecule has 1 aliphatic rings. The molecule has 0 fully saturated rings. The lowest BCUT2D eigenvalue weighted by Crippen LogP contribution is -2.48. The van der Waals surface area contributed by atoms with Crippen LogP contribution in [0.5, 0.6) is 0 Å². The van der Waals surface area contributed by atoms with Crippen LogP contribution in [-0.2, 0) is 0 Å². The van der Waals surface area contributed by atoms with Crippen LogP contribution in [-0.4, -0.2) is 23.3 Å². The molecular weight excluding hydrogens is 220 g/mol. The summed E-state index contributed by atoms with van der Waals surface area (Å²) in [6.45, 7) is 18.5. The molecule has 1 aliphatic heterocycles. The fourth-order valence-electron chi connectivity index (χ4n) is 3.39. The Kier molecular flexibility index (Phi) is 3.92. The molecule has 0 aliphatic carbocycles. The molecular formula is C16H32N2. The summed E-state index contributed by atoms with van der Waals surface area (Å²) in [4.78, 5) is 0. The van der Waals surface area contributed by atoms with Crippen molar-refractivity contribution in [3.63, 3.8) is 0 Å². The van der Waals surface area contributed by atoms with Crippen LogP contribution in [0.4, 0.5) is 0 Å². The predicted octanol–water partition coefficient (Wildman–Crippen LogP) is 4.56. The lowest BCUT2D eigenvalue weighted by Gasteiger charge is -2.43. The Balaban J connectivity index is 3.00. The van der Waals surface area contributed by atoms with Crippen LogP contribution in [0.25, 0.3) is 0 Å². The van der Waals surface area contributed by atoms with E-state index in [0.29, 0.717) is 16.7 Å². The summed E-state index contributed by atoms with van der Waals surface area (Å²) in [6, 6.07) is 0. The first-order valence-electron chi connectivity index (χ1n) is 7.14. The quantitative estimate of drug-likeness (QED) is 0.703. The van der Waals surface area contributed by atoms with Crippen LogP contribution >= 0.6 is 0 Å². The van der Waals surface area contributed by atoms with Gasteiger partial charge in [0.2, 0.25) is 0 Å². The second kappa shape index (κ2) is 4.54. The highest BCUT2D eigenvalue weighted by molar-refractivity contribution is 5.87. The molecule has 2 heteroatoms. The predicted molar refractivity (Wildman–Crippen MR) is 80.9 cm³/mol. The molecule has 1 heterocycles. The summed E-state index contributed by atoms with van der Waals surface area (Å²) in [7, 11) is 2.14. The summed E-state index contributed by atoms with van der Waals surface area (Å²) >= 11 is 0. The maximum absolute atomic E-state index is 4.74. The molecule has 0 N–H and O–H groups in total. The van der Waals surface area contributed by atoms with Gasteiger partial charge in [-0.3, -0.25) is 5.01 Å². The van der Waals surface area contributed by atoms with Crippen molar-refractivity contribution in [1.82, 2.24) is 5.01 Å². The van der Waals surface area contributed by atoms with Crippen molar-refractivity contribution in [1.29, 1.82) is 0 Å². The number of hydrogen-bond acceptors (Lipinski definition) is 2. The van der Waals surface area contributed by atoms with Gasteiger partial charge in [-0.05, 0) is 37.5 Å². The highest BCUT2D eigenvalue weighted by atomic mass is 15.5. The van der Waals surface area contributed by atoms with Crippen molar-refractivity contribution in [2.45, 2.75) is 73.8 Å². The average Bonchev–Trinajstić information content (AvgIpc) is 2.24. The van der Waals surface area contributed by atoms with Crippen LogP contribution in [0.15, 0.2) is 5.10 Å². The van der Waals surface area contributed by atoms with Crippen LogP contribution in [0.1, 0.15) is 68.2 Å². The minimum absolute atomic E-state index is 0.162. The lowest BCUT2D eigenvalue weighted by molar-refractivity contribution is 0.0647. The first-order chi connectivity index (χ1) is 7.85. The molecule has 0 aromatic heterocycles. The highest BCUT2D eigenvalue weighted by Gasteiger charge is 2.47. The summed E-state index contributed by atoms with van der Waals surface area (Å²) in [5.74, 6) is 0.571. The third-order valence-corrected chi connectivity index (χ3v) is 4.01. The summed E-state index contributed by atoms with van der Waals surface area (Å²) in [5, 5.41) is 6.95. The molecule has 0 spiro atoms. The zero-order valence-corrected chi connectivity index (χ0v) is 13.9. The van der Waals surface area contributed by atoms with E-state index in [2.05, 4.69) is 67.4 Å². The molecule has 106 valence electrons. The van der Waals surface area contributed by atoms with E-state index in [9.17, 15) is 0 Å². The van der Waals surface area contributed by atoms with Crippen molar-refractivity contribution < 1.29 is 0 Å². The first-order valence-corrected chi connectivity index (χ1v) is 7.14. The highest BCUT2D eigenvalue weighted by Crippen LogP contribution is 2.45. The van der Waals surface area contributed by atoms with Crippen LogP contribution < -0.4 is 0 Å². The Morgan fingerprint density at radius 1 is 1.11 bits per heavy atom. The van der Waals surface area contributed by atoms with E-state index in [-0.39, 0.29) is 5.54 Å². The van der Waals surface area contributed by atoms with Gasteiger partial charge in [-0.15, -0.1) is 0 Å². The monoisotopic (exact) mass is 252 g/mol. The zero-order valence-electron chi connectivity index (χ0n) is 13.9. The van der Waals surface area contributed by atoms with E-state index in [1.807, 2.05) is 0 Å². The molecule has 0 aromatic rings. The summed E-state index contributed by atoms with van der Waals surface area (Å²) in [5.41, 5.74) is 2.15. The zero-order chi connectivity index (χ0) is 14.4. The number of hydrogen-bond donors (Lipinski definition) is 0. The van der Waals surface area contributed by atoms with E-state index in [4.69, 9.17) is 5.10 Å². The van der Waals surface area contributed by atoms with Gasteiger partial charge in [0.25, 0.3) is 0 Å². The normalized spacial score (nSPS) is 29.7. The van der Waals surface area contributed by atoms with Gasteiger partial charge < -0.3 is 0 Å². The maximum Gasteiger partial charge on any atom is 0.0633 e. The van der Waals surface area contributed by atoms with E-state index in [1.165, 1.54) is 18.6 Å². The first kappa shape index (κ1) is 15.5. The second-order valence-corrected chi connectivity index (χ2v) is 8.68. The average molecular weight is 252 g/mol. The fraction of sp³-hybridized carbons (Fsp3) is 0.938. The van der Waals surface area contributed by atoms with E-state index < -0.39 is 0 Å². The standard InChI is InChI=1S/C16H32N2/c1-12-13(10-14(2,3)4)16(8,18(9)17-12)11-15(5,6)7/h13H,10-11H2,1-9H3. The van der Waals surface area contributed by atoms with Gasteiger partial charge in [-0.1, -0.05) is 41.5 Å². The van der Waals surface area contributed by atoms with Gasteiger partial charge in [0, 0.05) is 18.7 Å². The van der Waals surface area contributed by atoms with Gasteiger partial charge in [0.1, 0.15) is 0 Å². The van der Waals surface area contributed by atoms with Gasteiger partial charge in [-0.2, -0.15) is 5.10 Å². The van der Waals surface area contributed by atoms with E-state index >= 15 is 0 Å². The summed E-state index contributed by atoms with van der Waals surface area (Å²) < 4.78 is 0. The molecule has 2 atom stereocenters. The van der Waals surface area contributed by atoms with Crippen LogP contribution in [0.2, 0.25) is 0 Å². The Bertz CT molecular complexity index is 330. The molecule has 0 saturated carbocycles. The minimum Gasteiger partial charge on any atom is -0.294 e. The van der Waals surface area contributed by atoms with Crippen molar-refractivity contribution in [3.05, 3.63) is 0 Å². The molecule has 0 saturated heterocycles. The third-order valence-electron chi connectivity index (χ3n) is 4.01. The van der Waals surface area contributed by atoms with Gasteiger partial charge in [-0.25, -0.2) is 0 Å². The SMILES string of the molecule is CC1=NN(C)C(C)(CC(C)(C)C)C1CC(C)(C)C. The van der Waals surface area contributed by atoms with Crippen LogP contribution in [0, 0.1) is 16.7 Å². The lowest BCUT2D eigenvalue weighted by atomic mass is 9.68. The molecule has 18 heavy (non-hydrogen) atoms. The molecule has 0 bridgehead atoms. The van der Waals surface area contributed by atoms with Crippen molar-refractivity contribution >= 4 is 5.71 Å². The molecule has 2 unspecified atom stereocenters. The molecule has 2 nitrogen and oxygen atoms in total. The molecule has 0 amide bonds. The molecule has 0 aromatic carbocycles. The van der Waals surface area contributed by atoms with E-state index in [1.54, 1.807) is 0 Å². The Hall–Kier alpha value is -0.530. The van der Waals surface area contributed by atoms with Crippen molar-refractivity contribution in [2.24, 2.45) is 21.8 Å². The Labute approximate surface area is 114 Å². The fourth-order valence-corrected chi connectivity index (χ4v) is 3.39.